The number of amides is 1. The van der Waals surface area contributed by atoms with Crippen LogP contribution in [0.5, 0.6) is 0 Å². The molecule has 1 amide bonds. The molecule has 0 aliphatic carbocycles. The van der Waals surface area contributed by atoms with Crippen LogP contribution in [0.1, 0.15) is 10.4 Å². The summed E-state index contributed by atoms with van der Waals surface area (Å²) >= 11 is 0. The number of benzene rings is 1. The van der Waals surface area contributed by atoms with Gasteiger partial charge in [-0.15, -0.1) is 0 Å². The fourth-order valence-corrected chi connectivity index (χ4v) is 0.836. The summed E-state index contributed by atoms with van der Waals surface area (Å²) in [7, 11) is 0. The van der Waals surface area contributed by atoms with Gasteiger partial charge in [0.1, 0.15) is 6.29 Å². The molecule has 0 radical (unpaired) electrons. The van der Waals surface area contributed by atoms with E-state index >= 15 is 0 Å². The molecule has 0 aliphatic rings. The van der Waals surface area contributed by atoms with Crippen molar-refractivity contribution in [3.05, 3.63) is 48.2 Å². The van der Waals surface area contributed by atoms with E-state index in [0.29, 0.717) is 11.8 Å². The molecule has 1 rings (SSSR count). The fourth-order valence-electron chi connectivity index (χ4n) is 0.836. The van der Waals surface area contributed by atoms with E-state index in [4.69, 9.17) is 0 Å². The Hall–Kier alpha value is -1.90. The zero-order valence-electron chi connectivity index (χ0n) is 6.94. The summed E-state index contributed by atoms with van der Waals surface area (Å²) in [6.45, 7) is 0. The van der Waals surface area contributed by atoms with Gasteiger partial charge in [-0.05, 0) is 18.2 Å². The van der Waals surface area contributed by atoms with Gasteiger partial charge in [0.05, 0.1) is 0 Å². The summed E-state index contributed by atoms with van der Waals surface area (Å²) < 4.78 is 0. The second-order valence-corrected chi connectivity index (χ2v) is 2.33. The molecular weight excluding hydrogens is 166 g/mol. The number of hydrogen-bond acceptors (Lipinski definition) is 2. The van der Waals surface area contributed by atoms with Crippen molar-refractivity contribution >= 4 is 12.2 Å². The maximum absolute atomic E-state index is 11.2. The van der Waals surface area contributed by atoms with Crippen molar-refractivity contribution in [2.75, 3.05) is 0 Å². The van der Waals surface area contributed by atoms with Crippen LogP contribution in [0.15, 0.2) is 42.6 Å². The monoisotopic (exact) mass is 175 g/mol. The number of rotatable bonds is 3. The Labute approximate surface area is 76.1 Å². The van der Waals surface area contributed by atoms with E-state index in [2.05, 4.69) is 5.32 Å². The second kappa shape index (κ2) is 4.87. The first-order valence-electron chi connectivity index (χ1n) is 3.81. The number of allylic oxidation sites excluding steroid dienone is 1. The van der Waals surface area contributed by atoms with Gasteiger partial charge in [0, 0.05) is 11.8 Å². The maximum Gasteiger partial charge on any atom is 0.255 e. The van der Waals surface area contributed by atoms with Crippen molar-refractivity contribution in [3.8, 4) is 0 Å². The molecule has 3 nitrogen and oxygen atoms in total. The first-order valence-corrected chi connectivity index (χ1v) is 3.81. The van der Waals surface area contributed by atoms with Crippen molar-refractivity contribution in [1.29, 1.82) is 0 Å². The predicted octanol–water partition coefficient (Wildman–Crippen LogP) is 1.13. The molecule has 13 heavy (non-hydrogen) atoms. The Morgan fingerprint density at radius 3 is 2.54 bits per heavy atom. The maximum atomic E-state index is 11.2. The zero-order chi connectivity index (χ0) is 9.52. The molecule has 1 aromatic rings. The third kappa shape index (κ3) is 2.91. The van der Waals surface area contributed by atoms with Crippen molar-refractivity contribution < 1.29 is 9.59 Å². The first kappa shape index (κ1) is 9.19. The topological polar surface area (TPSA) is 46.2 Å². The highest BCUT2D eigenvalue weighted by atomic mass is 16.1. The van der Waals surface area contributed by atoms with Gasteiger partial charge in [-0.1, -0.05) is 18.2 Å². The van der Waals surface area contributed by atoms with Crippen molar-refractivity contribution in [3.63, 3.8) is 0 Å². The van der Waals surface area contributed by atoms with Crippen LogP contribution in [-0.4, -0.2) is 12.2 Å². The predicted molar refractivity (Wildman–Crippen MR) is 49.1 cm³/mol. The Morgan fingerprint density at radius 1 is 1.23 bits per heavy atom. The molecule has 0 saturated carbocycles. The molecule has 3 heteroatoms. The molecule has 0 fully saturated rings. The van der Waals surface area contributed by atoms with E-state index in [1.807, 2.05) is 6.07 Å². The summed E-state index contributed by atoms with van der Waals surface area (Å²) in [5.74, 6) is -0.223. The van der Waals surface area contributed by atoms with Gasteiger partial charge in [-0.2, -0.15) is 0 Å². The van der Waals surface area contributed by atoms with Crippen LogP contribution in [0.4, 0.5) is 0 Å². The van der Waals surface area contributed by atoms with Crippen LogP contribution < -0.4 is 5.32 Å². The van der Waals surface area contributed by atoms with Crippen LogP contribution in [0.3, 0.4) is 0 Å². The number of carbonyl (C=O) groups is 2. The average molecular weight is 175 g/mol. The third-order valence-corrected chi connectivity index (χ3v) is 1.43. The molecule has 0 saturated heterocycles. The summed E-state index contributed by atoms with van der Waals surface area (Å²) in [5.41, 5.74) is 0.568. The average Bonchev–Trinajstić information content (AvgIpc) is 2.19. The Bertz CT molecular complexity index is 317. The highest BCUT2D eigenvalue weighted by Crippen LogP contribution is 1.97. The number of carbonyl (C=O) groups excluding carboxylic acids is 2. The smallest absolute Gasteiger partial charge is 0.255 e. The van der Waals surface area contributed by atoms with Crippen molar-refractivity contribution in [2.45, 2.75) is 0 Å². The minimum Gasteiger partial charge on any atom is -0.328 e. The summed E-state index contributed by atoms with van der Waals surface area (Å²) in [4.78, 5) is 21.1. The third-order valence-electron chi connectivity index (χ3n) is 1.43. The van der Waals surface area contributed by atoms with Gasteiger partial charge in [0.2, 0.25) is 0 Å². The second-order valence-electron chi connectivity index (χ2n) is 2.33. The molecule has 0 atom stereocenters. The quantitative estimate of drug-likeness (QED) is 0.553. The molecule has 0 aromatic heterocycles. The molecule has 1 aromatic carbocycles. The van der Waals surface area contributed by atoms with Crippen molar-refractivity contribution in [1.82, 2.24) is 5.32 Å². The Kier molecular flexibility index (Phi) is 3.45. The van der Waals surface area contributed by atoms with Crippen LogP contribution in [0, 0.1) is 0 Å². The molecular formula is C10H9NO2. The lowest BCUT2D eigenvalue weighted by Crippen LogP contribution is -2.16. The van der Waals surface area contributed by atoms with Gasteiger partial charge < -0.3 is 5.32 Å². The molecule has 0 aliphatic heterocycles. The van der Waals surface area contributed by atoms with E-state index in [0.717, 1.165) is 0 Å². The largest absolute Gasteiger partial charge is 0.328 e. The van der Waals surface area contributed by atoms with Gasteiger partial charge in [0.25, 0.3) is 5.91 Å². The minimum atomic E-state index is -0.223. The number of nitrogens with one attached hydrogen (secondary N) is 1. The van der Waals surface area contributed by atoms with Crippen LogP contribution >= 0.6 is 0 Å². The lowest BCUT2D eigenvalue weighted by molar-refractivity contribution is -0.104. The van der Waals surface area contributed by atoms with Gasteiger partial charge in [0.15, 0.2) is 0 Å². The summed E-state index contributed by atoms with van der Waals surface area (Å²) in [6.07, 6.45) is 3.13. The molecule has 66 valence electrons. The molecule has 0 spiro atoms. The molecule has 0 heterocycles. The van der Waals surface area contributed by atoms with E-state index < -0.39 is 0 Å². The Morgan fingerprint density at radius 2 is 1.92 bits per heavy atom. The SMILES string of the molecule is O=CC=CNC(=O)c1ccccc1. The van der Waals surface area contributed by atoms with Crippen LogP contribution in [-0.2, 0) is 4.79 Å². The summed E-state index contributed by atoms with van der Waals surface area (Å²) in [6, 6.07) is 8.78. The van der Waals surface area contributed by atoms with Gasteiger partial charge in [-0.3, -0.25) is 9.59 Å². The summed E-state index contributed by atoms with van der Waals surface area (Å²) in [5, 5.41) is 2.45. The number of aldehydes is 1. The molecule has 0 bridgehead atoms. The first-order chi connectivity index (χ1) is 6.34. The lowest BCUT2D eigenvalue weighted by Gasteiger charge is -1.97. The minimum absolute atomic E-state index is 0.223. The van der Waals surface area contributed by atoms with Crippen LogP contribution in [0.25, 0.3) is 0 Å². The lowest BCUT2D eigenvalue weighted by atomic mass is 10.2. The highest BCUT2D eigenvalue weighted by Gasteiger charge is 1.99. The Balaban J connectivity index is 2.59. The molecule has 1 N–H and O–H groups in total. The highest BCUT2D eigenvalue weighted by molar-refractivity contribution is 5.94. The zero-order valence-corrected chi connectivity index (χ0v) is 6.94. The molecule has 0 unspecified atom stereocenters. The van der Waals surface area contributed by atoms with E-state index in [9.17, 15) is 9.59 Å². The fraction of sp³-hybridized carbons (Fsp3) is 0. The van der Waals surface area contributed by atoms with E-state index in [1.54, 1.807) is 24.3 Å². The normalized spacial score (nSPS) is 9.85. The van der Waals surface area contributed by atoms with E-state index in [-0.39, 0.29) is 5.91 Å². The van der Waals surface area contributed by atoms with Crippen LogP contribution in [0.2, 0.25) is 0 Å². The van der Waals surface area contributed by atoms with Crippen molar-refractivity contribution in [2.24, 2.45) is 0 Å². The number of hydrogen-bond donors (Lipinski definition) is 1. The van der Waals surface area contributed by atoms with Gasteiger partial charge >= 0.3 is 0 Å². The van der Waals surface area contributed by atoms with E-state index in [1.165, 1.54) is 12.3 Å². The van der Waals surface area contributed by atoms with Gasteiger partial charge in [-0.25, -0.2) is 0 Å². The standard InChI is InChI=1S/C10H9NO2/c12-8-4-7-11-10(13)9-5-2-1-3-6-9/h1-8H,(H,11,13).